The molecule has 3 N–H and O–H groups in total. The van der Waals surface area contributed by atoms with Gasteiger partial charge in [0.25, 0.3) is 0 Å². The van der Waals surface area contributed by atoms with Crippen LogP contribution in [0.3, 0.4) is 0 Å². The zero-order valence-electron chi connectivity index (χ0n) is 15.8. The number of thiazole rings is 1. The Hall–Kier alpha value is -3.10. The third-order valence-electron chi connectivity index (χ3n) is 4.08. The molecule has 0 aliphatic heterocycles. The van der Waals surface area contributed by atoms with Gasteiger partial charge in [-0.15, -0.1) is 21.5 Å². The first kappa shape index (κ1) is 20.6. The Morgan fingerprint density at radius 2 is 2.17 bits per heavy atom. The fraction of sp³-hybridized carbons (Fsp3) is 0.278. The smallest absolute Gasteiger partial charge is 0.249 e. The fourth-order valence-corrected chi connectivity index (χ4v) is 4.05. The van der Waals surface area contributed by atoms with Crippen LogP contribution in [0.4, 0.5) is 11.1 Å². The van der Waals surface area contributed by atoms with E-state index in [1.165, 1.54) is 23.1 Å². The summed E-state index contributed by atoms with van der Waals surface area (Å²) >= 11 is 2.52. The minimum atomic E-state index is -0.612. The number of nitrogens with two attached hydrogens (primary N) is 1. The zero-order chi connectivity index (χ0) is 20.8. The van der Waals surface area contributed by atoms with Gasteiger partial charge in [-0.25, -0.2) is 4.98 Å². The lowest BCUT2D eigenvalue weighted by molar-refractivity contribution is -0.119. The number of nitrogens with zero attached hydrogens (tertiary/aromatic N) is 5. The average molecular weight is 430 g/mol. The largest absolute Gasteiger partial charge is 0.497 e. The zero-order valence-corrected chi connectivity index (χ0v) is 17.5. The number of hydrogen-bond acceptors (Lipinski definition) is 9. The van der Waals surface area contributed by atoms with Crippen molar-refractivity contribution >= 4 is 40.1 Å². The lowest BCUT2D eigenvalue weighted by Gasteiger charge is -2.17. The first-order valence-corrected chi connectivity index (χ1v) is 10.5. The summed E-state index contributed by atoms with van der Waals surface area (Å²) in [6.45, 7) is 1.87. The van der Waals surface area contributed by atoms with E-state index < -0.39 is 6.04 Å². The molecule has 2 aromatic heterocycles. The molecule has 9 nitrogen and oxygen atoms in total. The van der Waals surface area contributed by atoms with E-state index in [1.54, 1.807) is 11.7 Å². The number of nitrogens with one attached hydrogen (secondary N) is 1. The van der Waals surface area contributed by atoms with Crippen molar-refractivity contribution in [2.45, 2.75) is 24.5 Å². The van der Waals surface area contributed by atoms with Crippen molar-refractivity contribution in [1.29, 1.82) is 5.26 Å². The van der Waals surface area contributed by atoms with E-state index in [2.05, 4.69) is 20.5 Å². The van der Waals surface area contributed by atoms with Crippen molar-refractivity contribution in [2.24, 2.45) is 0 Å². The number of methoxy groups -OCH3 is 1. The normalized spacial score (nSPS) is 11.6. The molecular weight excluding hydrogens is 410 g/mol. The highest BCUT2D eigenvalue weighted by atomic mass is 32.2. The van der Waals surface area contributed by atoms with Crippen LogP contribution >= 0.6 is 23.1 Å². The number of carbonyl (C=O) groups is 1. The molecule has 0 aliphatic carbocycles. The minimum Gasteiger partial charge on any atom is -0.497 e. The van der Waals surface area contributed by atoms with Crippen LogP contribution < -0.4 is 15.8 Å². The number of anilines is 2. The van der Waals surface area contributed by atoms with E-state index in [4.69, 9.17) is 15.7 Å². The number of amides is 1. The van der Waals surface area contributed by atoms with Gasteiger partial charge >= 0.3 is 0 Å². The first-order chi connectivity index (χ1) is 14.1. The lowest BCUT2D eigenvalue weighted by Crippen LogP contribution is -2.27. The van der Waals surface area contributed by atoms with E-state index in [0.717, 1.165) is 17.0 Å². The highest BCUT2D eigenvalue weighted by Gasteiger charge is 2.25. The Morgan fingerprint density at radius 1 is 1.41 bits per heavy atom. The molecule has 29 heavy (non-hydrogen) atoms. The third kappa shape index (κ3) is 4.67. The van der Waals surface area contributed by atoms with Crippen molar-refractivity contribution < 1.29 is 9.53 Å². The molecule has 0 aliphatic rings. The van der Waals surface area contributed by atoms with Crippen LogP contribution in [0.15, 0.2) is 34.8 Å². The summed E-state index contributed by atoms with van der Waals surface area (Å²) in [6, 6.07) is 8.95. The van der Waals surface area contributed by atoms with Gasteiger partial charge in [0.1, 0.15) is 11.8 Å². The highest BCUT2D eigenvalue weighted by Crippen LogP contribution is 2.29. The minimum absolute atomic E-state index is 0.130. The monoisotopic (exact) mass is 429 g/mol. The topological polar surface area (TPSA) is 132 Å². The molecule has 3 aromatic rings. The number of carbonyl (C=O) groups excluding carboxylic acids is 1. The lowest BCUT2D eigenvalue weighted by atomic mass is 10.2. The summed E-state index contributed by atoms with van der Waals surface area (Å²) in [5.41, 5.74) is 7.60. The van der Waals surface area contributed by atoms with Gasteiger partial charge in [0.2, 0.25) is 11.9 Å². The summed E-state index contributed by atoms with van der Waals surface area (Å²) < 4.78 is 6.71. The van der Waals surface area contributed by atoms with Crippen LogP contribution in [-0.2, 0) is 4.79 Å². The number of benzene rings is 1. The number of thioether (sulfide) groups is 1. The molecule has 0 radical (unpaired) electrons. The Bertz CT molecular complexity index is 1020. The molecule has 150 valence electrons. The number of hydrogen-bond donors (Lipinski definition) is 2. The van der Waals surface area contributed by atoms with Gasteiger partial charge in [0, 0.05) is 10.9 Å². The Morgan fingerprint density at radius 3 is 2.83 bits per heavy atom. The summed E-state index contributed by atoms with van der Waals surface area (Å²) in [5, 5.41) is 22.2. The Kier molecular flexibility index (Phi) is 6.69. The standard InChI is InChI=1S/C18H19N7O2S2/c1-3-14(25-16(20)23-24-18(25)28-9-8-19)15(26)22-17-21-13(10-29-17)11-4-6-12(27-2)7-5-11/h4-7,10,14H,3,9H2,1-2H3,(H2,20,23)(H,21,22,26). The van der Waals surface area contributed by atoms with Crippen LogP contribution in [0, 0.1) is 11.3 Å². The molecule has 3 rings (SSSR count). The van der Waals surface area contributed by atoms with Crippen LogP contribution in [-0.4, -0.2) is 38.5 Å². The Labute approximate surface area is 175 Å². The van der Waals surface area contributed by atoms with Crippen LogP contribution in [0.5, 0.6) is 5.75 Å². The second-order valence-corrected chi connectivity index (χ2v) is 7.64. The number of nitrogen functional groups attached to an aromatic ring is 1. The van der Waals surface area contributed by atoms with Crippen LogP contribution in [0.1, 0.15) is 19.4 Å². The summed E-state index contributed by atoms with van der Waals surface area (Å²) in [5.74, 6) is 0.812. The summed E-state index contributed by atoms with van der Waals surface area (Å²) in [6.07, 6.45) is 0.477. The summed E-state index contributed by atoms with van der Waals surface area (Å²) in [7, 11) is 1.61. The summed E-state index contributed by atoms with van der Waals surface area (Å²) in [4.78, 5) is 17.4. The number of rotatable bonds is 8. The maximum absolute atomic E-state index is 12.9. The molecule has 1 aromatic carbocycles. The van der Waals surface area contributed by atoms with Gasteiger partial charge in [0.05, 0.1) is 24.6 Å². The van der Waals surface area contributed by atoms with Crippen LogP contribution in [0.25, 0.3) is 11.3 Å². The van der Waals surface area contributed by atoms with Crippen molar-refractivity contribution in [1.82, 2.24) is 19.7 Å². The van der Waals surface area contributed by atoms with Crippen molar-refractivity contribution in [2.75, 3.05) is 23.9 Å². The van der Waals surface area contributed by atoms with E-state index in [1.807, 2.05) is 42.6 Å². The number of nitriles is 1. The maximum Gasteiger partial charge on any atom is 0.249 e. The van der Waals surface area contributed by atoms with Crippen molar-refractivity contribution in [3.8, 4) is 23.1 Å². The van der Waals surface area contributed by atoms with E-state index in [9.17, 15) is 4.79 Å². The van der Waals surface area contributed by atoms with Gasteiger partial charge in [-0.05, 0) is 30.7 Å². The van der Waals surface area contributed by atoms with Crippen molar-refractivity contribution in [3.05, 3.63) is 29.6 Å². The molecule has 0 fully saturated rings. The molecule has 0 saturated heterocycles. The maximum atomic E-state index is 12.9. The first-order valence-electron chi connectivity index (χ1n) is 8.68. The molecule has 2 heterocycles. The van der Waals surface area contributed by atoms with Gasteiger partial charge in [-0.1, -0.05) is 18.7 Å². The Balaban J connectivity index is 1.76. The average Bonchev–Trinajstić information content (AvgIpc) is 3.34. The fourth-order valence-electron chi connectivity index (χ4n) is 2.68. The highest BCUT2D eigenvalue weighted by molar-refractivity contribution is 7.99. The molecular formula is C18H19N7O2S2. The van der Waals surface area contributed by atoms with Gasteiger partial charge in [0.15, 0.2) is 10.3 Å². The molecule has 1 unspecified atom stereocenters. The molecule has 0 spiro atoms. The number of aromatic nitrogens is 4. The molecule has 1 atom stereocenters. The van der Waals surface area contributed by atoms with Gasteiger partial charge < -0.3 is 15.8 Å². The second kappa shape index (κ2) is 9.40. The molecule has 1 amide bonds. The van der Waals surface area contributed by atoms with E-state index in [0.29, 0.717) is 16.7 Å². The van der Waals surface area contributed by atoms with Gasteiger partial charge in [-0.2, -0.15) is 5.26 Å². The van der Waals surface area contributed by atoms with E-state index >= 15 is 0 Å². The second-order valence-electron chi connectivity index (χ2n) is 5.84. The molecule has 0 bridgehead atoms. The predicted molar refractivity (Wildman–Crippen MR) is 113 cm³/mol. The molecule has 0 saturated carbocycles. The van der Waals surface area contributed by atoms with Gasteiger partial charge in [-0.3, -0.25) is 9.36 Å². The SMILES string of the molecule is CCC(C(=O)Nc1nc(-c2ccc(OC)cc2)cs1)n1c(N)nnc1SCC#N. The molecule has 11 heteroatoms. The number of ether oxygens (including phenoxy) is 1. The van der Waals surface area contributed by atoms with Crippen molar-refractivity contribution in [3.63, 3.8) is 0 Å². The third-order valence-corrected chi connectivity index (χ3v) is 5.65. The quantitative estimate of drug-likeness (QED) is 0.522. The van der Waals surface area contributed by atoms with Crippen LogP contribution in [0.2, 0.25) is 0 Å². The van der Waals surface area contributed by atoms with E-state index in [-0.39, 0.29) is 17.6 Å². The predicted octanol–water partition coefficient (Wildman–Crippen LogP) is 3.20.